The van der Waals surface area contributed by atoms with Crippen molar-refractivity contribution in [3.8, 4) is 5.75 Å². The number of carbonyl (C=O) groups excluding carboxylic acids is 1. The van der Waals surface area contributed by atoms with Gasteiger partial charge in [-0.3, -0.25) is 4.98 Å². The first-order chi connectivity index (χ1) is 10.3. The number of carbonyl (C=O) groups is 1. The predicted octanol–water partition coefficient (Wildman–Crippen LogP) is 2.62. The lowest BCUT2D eigenvalue weighted by Crippen LogP contribution is -2.53. The van der Waals surface area contributed by atoms with Gasteiger partial charge in [-0.25, -0.2) is 4.79 Å². The molecule has 0 atom stereocenters. The zero-order valence-electron chi connectivity index (χ0n) is 11.6. The van der Waals surface area contributed by atoms with E-state index in [1.54, 1.807) is 23.4 Å². The lowest BCUT2D eigenvalue weighted by atomic mass is 10.0. The molecule has 1 aliphatic heterocycles. The van der Waals surface area contributed by atoms with Gasteiger partial charge in [0.15, 0.2) is 0 Å². The molecule has 1 saturated heterocycles. The van der Waals surface area contributed by atoms with Gasteiger partial charge in [-0.15, -0.1) is 0 Å². The molecule has 0 unspecified atom stereocenters. The Morgan fingerprint density at radius 3 is 2.76 bits per heavy atom. The van der Waals surface area contributed by atoms with Gasteiger partial charge in [-0.2, -0.15) is 0 Å². The minimum Gasteiger partial charge on any atom is -0.493 e. The monoisotopic (exact) mass is 283 g/mol. The van der Waals surface area contributed by atoms with E-state index >= 15 is 0 Å². The van der Waals surface area contributed by atoms with E-state index < -0.39 is 0 Å². The minimum absolute atomic E-state index is 0.0843. The fraction of sp³-hybridized carbons (Fsp3) is 0.250. The second-order valence-electron chi connectivity index (χ2n) is 5.07. The van der Waals surface area contributed by atoms with E-state index in [4.69, 9.17) is 4.74 Å². The van der Waals surface area contributed by atoms with Crippen molar-refractivity contribution in [2.75, 3.05) is 25.0 Å². The molecule has 1 fully saturated rings. The topological polar surface area (TPSA) is 54.5 Å². The number of para-hydroxylation sites is 1. The Balaban J connectivity index is 1.40. The number of hydrogen-bond acceptors (Lipinski definition) is 3. The summed E-state index contributed by atoms with van der Waals surface area (Å²) < 4.78 is 5.69. The first kappa shape index (κ1) is 13.4. The van der Waals surface area contributed by atoms with E-state index in [-0.39, 0.29) is 6.03 Å². The standard InChI is InChI=1S/C16H17N3O2/c20-16(18-14-5-4-8-17-9-14)19-10-13(11-19)12-21-15-6-2-1-3-7-15/h1-9,13H,10-12H2,(H,18,20). The first-order valence-electron chi connectivity index (χ1n) is 6.95. The number of ether oxygens (including phenoxy) is 1. The number of urea groups is 1. The van der Waals surface area contributed by atoms with Crippen LogP contribution >= 0.6 is 0 Å². The Labute approximate surface area is 123 Å². The van der Waals surface area contributed by atoms with Crippen LogP contribution in [0.3, 0.4) is 0 Å². The maximum Gasteiger partial charge on any atom is 0.321 e. The maximum atomic E-state index is 12.0. The normalized spacial score (nSPS) is 14.4. The quantitative estimate of drug-likeness (QED) is 0.938. The molecule has 1 aliphatic rings. The van der Waals surface area contributed by atoms with Crippen molar-refractivity contribution < 1.29 is 9.53 Å². The molecule has 2 heterocycles. The third-order valence-electron chi connectivity index (χ3n) is 3.39. The van der Waals surface area contributed by atoms with Crippen molar-refractivity contribution in [1.29, 1.82) is 0 Å². The second-order valence-corrected chi connectivity index (χ2v) is 5.07. The van der Waals surface area contributed by atoms with E-state index in [9.17, 15) is 4.79 Å². The van der Waals surface area contributed by atoms with Crippen molar-refractivity contribution >= 4 is 11.7 Å². The molecule has 108 valence electrons. The third-order valence-corrected chi connectivity index (χ3v) is 3.39. The third kappa shape index (κ3) is 3.51. The fourth-order valence-electron chi connectivity index (χ4n) is 2.21. The molecule has 21 heavy (non-hydrogen) atoms. The molecular weight excluding hydrogens is 266 g/mol. The van der Waals surface area contributed by atoms with E-state index in [0.717, 1.165) is 18.8 Å². The SMILES string of the molecule is O=C(Nc1cccnc1)N1CC(COc2ccccc2)C1. The van der Waals surface area contributed by atoms with Gasteiger partial charge in [0.05, 0.1) is 18.5 Å². The summed E-state index contributed by atoms with van der Waals surface area (Å²) in [7, 11) is 0. The highest BCUT2D eigenvalue weighted by atomic mass is 16.5. The summed E-state index contributed by atoms with van der Waals surface area (Å²) >= 11 is 0. The van der Waals surface area contributed by atoms with E-state index in [2.05, 4.69) is 10.3 Å². The Bertz CT molecular complexity index is 583. The number of amides is 2. The largest absolute Gasteiger partial charge is 0.493 e. The molecule has 2 amide bonds. The number of hydrogen-bond donors (Lipinski definition) is 1. The van der Waals surface area contributed by atoms with E-state index in [1.807, 2.05) is 36.4 Å². The number of benzene rings is 1. The highest BCUT2D eigenvalue weighted by Crippen LogP contribution is 2.19. The zero-order valence-corrected chi connectivity index (χ0v) is 11.6. The number of aromatic nitrogens is 1. The van der Waals surface area contributed by atoms with Crippen molar-refractivity contribution in [3.05, 3.63) is 54.9 Å². The fourth-order valence-corrected chi connectivity index (χ4v) is 2.21. The zero-order chi connectivity index (χ0) is 14.5. The molecule has 0 spiro atoms. The van der Waals surface area contributed by atoms with Crippen LogP contribution in [0.5, 0.6) is 5.75 Å². The summed E-state index contributed by atoms with van der Waals surface area (Å²) in [6.07, 6.45) is 3.31. The number of rotatable bonds is 4. The van der Waals surface area contributed by atoms with E-state index in [0.29, 0.717) is 18.2 Å². The van der Waals surface area contributed by atoms with Gasteiger partial charge >= 0.3 is 6.03 Å². The molecule has 1 aromatic heterocycles. The van der Waals surface area contributed by atoms with Crippen LogP contribution in [0.15, 0.2) is 54.9 Å². The van der Waals surface area contributed by atoms with Crippen LogP contribution < -0.4 is 10.1 Å². The van der Waals surface area contributed by atoms with Crippen molar-refractivity contribution in [1.82, 2.24) is 9.88 Å². The minimum atomic E-state index is -0.0843. The molecule has 1 N–H and O–H groups in total. The Kier molecular flexibility index (Phi) is 4.00. The summed E-state index contributed by atoms with van der Waals surface area (Å²) in [5.74, 6) is 1.26. The van der Waals surface area contributed by atoms with Gasteiger partial charge in [-0.05, 0) is 24.3 Å². The highest BCUT2D eigenvalue weighted by molar-refractivity contribution is 5.89. The molecular formula is C16H17N3O2. The van der Waals surface area contributed by atoms with Crippen LogP contribution in [0, 0.1) is 5.92 Å². The van der Waals surface area contributed by atoms with Gasteiger partial charge in [0.2, 0.25) is 0 Å². The number of likely N-dealkylation sites (tertiary alicyclic amines) is 1. The van der Waals surface area contributed by atoms with Crippen LogP contribution in [0.2, 0.25) is 0 Å². The second kappa shape index (κ2) is 6.26. The highest BCUT2D eigenvalue weighted by Gasteiger charge is 2.31. The van der Waals surface area contributed by atoms with Gasteiger partial charge in [0, 0.05) is 25.2 Å². The summed E-state index contributed by atoms with van der Waals surface area (Å²) in [6, 6.07) is 13.3. The number of anilines is 1. The van der Waals surface area contributed by atoms with Crippen LogP contribution in [0.4, 0.5) is 10.5 Å². The van der Waals surface area contributed by atoms with Crippen molar-refractivity contribution in [2.45, 2.75) is 0 Å². The lowest BCUT2D eigenvalue weighted by Gasteiger charge is -2.38. The van der Waals surface area contributed by atoms with Gasteiger partial charge in [0.25, 0.3) is 0 Å². The van der Waals surface area contributed by atoms with Crippen LogP contribution in [0.1, 0.15) is 0 Å². The Hall–Kier alpha value is -2.56. The summed E-state index contributed by atoms with van der Waals surface area (Å²) in [6.45, 7) is 2.08. The van der Waals surface area contributed by atoms with Gasteiger partial charge in [0.1, 0.15) is 5.75 Å². The molecule has 0 radical (unpaired) electrons. The molecule has 0 saturated carbocycles. The molecule has 3 rings (SSSR count). The smallest absolute Gasteiger partial charge is 0.321 e. The van der Waals surface area contributed by atoms with Gasteiger partial charge in [-0.1, -0.05) is 18.2 Å². The lowest BCUT2D eigenvalue weighted by molar-refractivity contribution is 0.0925. The predicted molar refractivity (Wildman–Crippen MR) is 80.3 cm³/mol. The van der Waals surface area contributed by atoms with Crippen LogP contribution in [-0.4, -0.2) is 35.6 Å². The number of pyridine rings is 1. The van der Waals surface area contributed by atoms with E-state index in [1.165, 1.54) is 0 Å². The molecule has 1 aromatic carbocycles. The molecule has 0 aliphatic carbocycles. The summed E-state index contributed by atoms with van der Waals surface area (Å²) in [5, 5.41) is 2.82. The molecule has 2 aromatic rings. The Morgan fingerprint density at radius 1 is 1.24 bits per heavy atom. The van der Waals surface area contributed by atoms with Crippen molar-refractivity contribution in [3.63, 3.8) is 0 Å². The summed E-state index contributed by atoms with van der Waals surface area (Å²) in [5.41, 5.74) is 0.714. The average molecular weight is 283 g/mol. The molecule has 0 bridgehead atoms. The Morgan fingerprint density at radius 2 is 2.05 bits per heavy atom. The number of nitrogens with zero attached hydrogens (tertiary/aromatic N) is 2. The summed E-state index contributed by atoms with van der Waals surface area (Å²) in [4.78, 5) is 17.7. The average Bonchev–Trinajstić information content (AvgIpc) is 2.47. The maximum absolute atomic E-state index is 12.0. The molecule has 5 nitrogen and oxygen atoms in total. The number of nitrogens with one attached hydrogen (secondary N) is 1. The van der Waals surface area contributed by atoms with Crippen LogP contribution in [-0.2, 0) is 0 Å². The first-order valence-corrected chi connectivity index (χ1v) is 6.95. The van der Waals surface area contributed by atoms with Crippen molar-refractivity contribution in [2.24, 2.45) is 5.92 Å². The van der Waals surface area contributed by atoms with Crippen LogP contribution in [0.25, 0.3) is 0 Å². The van der Waals surface area contributed by atoms with Gasteiger partial charge < -0.3 is 15.0 Å². The molecule has 5 heteroatoms.